The van der Waals surface area contributed by atoms with Gasteiger partial charge < -0.3 is 10.6 Å². The third-order valence-electron chi connectivity index (χ3n) is 3.88. The fourth-order valence-corrected chi connectivity index (χ4v) is 2.46. The summed E-state index contributed by atoms with van der Waals surface area (Å²) in [5.41, 5.74) is 0.673. The summed E-state index contributed by atoms with van der Waals surface area (Å²) in [6, 6.07) is 5.73. The Morgan fingerprint density at radius 1 is 1.61 bits per heavy atom. The third kappa shape index (κ3) is 2.53. The molecule has 1 saturated heterocycles. The van der Waals surface area contributed by atoms with Gasteiger partial charge in [0.2, 0.25) is 5.91 Å². The van der Waals surface area contributed by atoms with Crippen molar-refractivity contribution in [1.29, 1.82) is 0 Å². The summed E-state index contributed by atoms with van der Waals surface area (Å²) in [6.07, 6.45) is 3.55. The number of nitrogens with zero attached hydrogens (tertiary/aromatic N) is 1. The molecule has 1 aromatic heterocycles. The SMILES string of the molecule is CCC1(C(=O)N[C@H](C)c2ccccn2)CCNC1. The third-order valence-corrected chi connectivity index (χ3v) is 3.88. The van der Waals surface area contributed by atoms with Crippen LogP contribution in [0.4, 0.5) is 0 Å². The number of amides is 1. The van der Waals surface area contributed by atoms with Crippen LogP contribution in [0.3, 0.4) is 0 Å². The first-order valence-corrected chi connectivity index (χ1v) is 6.60. The first-order valence-electron chi connectivity index (χ1n) is 6.60. The Bertz CT molecular complexity index is 399. The van der Waals surface area contributed by atoms with E-state index in [1.807, 2.05) is 25.1 Å². The first kappa shape index (κ1) is 13.0. The second-order valence-corrected chi connectivity index (χ2v) is 5.01. The van der Waals surface area contributed by atoms with Crippen LogP contribution < -0.4 is 10.6 Å². The van der Waals surface area contributed by atoms with Crippen LogP contribution in [0.5, 0.6) is 0 Å². The summed E-state index contributed by atoms with van der Waals surface area (Å²) < 4.78 is 0. The molecule has 1 unspecified atom stereocenters. The molecule has 4 nitrogen and oxygen atoms in total. The number of hydrogen-bond acceptors (Lipinski definition) is 3. The van der Waals surface area contributed by atoms with E-state index in [0.29, 0.717) is 0 Å². The molecule has 1 aliphatic rings. The average molecular weight is 247 g/mol. The Hall–Kier alpha value is -1.42. The molecule has 0 spiro atoms. The zero-order valence-corrected chi connectivity index (χ0v) is 11.1. The van der Waals surface area contributed by atoms with Gasteiger partial charge in [0, 0.05) is 12.7 Å². The molecule has 2 rings (SSSR count). The highest BCUT2D eigenvalue weighted by atomic mass is 16.2. The van der Waals surface area contributed by atoms with Crippen LogP contribution in [-0.4, -0.2) is 24.0 Å². The van der Waals surface area contributed by atoms with E-state index in [0.717, 1.165) is 31.6 Å². The topological polar surface area (TPSA) is 54.0 Å². The van der Waals surface area contributed by atoms with E-state index in [1.54, 1.807) is 6.20 Å². The molecule has 0 aliphatic carbocycles. The van der Waals surface area contributed by atoms with E-state index in [-0.39, 0.29) is 17.4 Å². The lowest BCUT2D eigenvalue weighted by molar-refractivity contribution is -0.131. The number of rotatable bonds is 4. The molecular weight excluding hydrogens is 226 g/mol. The smallest absolute Gasteiger partial charge is 0.228 e. The fraction of sp³-hybridized carbons (Fsp3) is 0.571. The van der Waals surface area contributed by atoms with Crippen LogP contribution in [-0.2, 0) is 4.79 Å². The van der Waals surface area contributed by atoms with Gasteiger partial charge in [0.05, 0.1) is 17.2 Å². The molecule has 0 saturated carbocycles. The molecule has 0 aromatic carbocycles. The summed E-state index contributed by atoms with van der Waals surface area (Å²) in [7, 11) is 0. The van der Waals surface area contributed by atoms with E-state index in [9.17, 15) is 4.79 Å². The van der Waals surface area contributed by atoms with Crippen molar-refractivity contribution in [2.24, 2.45) is 5.41 Å². The summed E-state index contributed by atoms with van der Waals surface area (Å²) >= 11 is 0. The highest BCUT2D eigenvalue weighted by molar-refractivity contribution is 5.83. The van der Waals surface area contributed by atoms with Crippen molar-refractivity contribution in [2.75, 3.05) is 13.1 Å². The summed E-state index contributed by atoms with van der Waals surface area (Å²) in [5, 5.41) is 6.37. The minimum absolute atomic E-state index is 0.0391. The van der Waals surface area contributed by atoms with Crippen LogP contribution in [0.15, 0.2) is 24.4 Å². The van der Waals surface area contributed by atoms with Crippen LogP contribution >= 0.6 is 0 Å². The van der Waals surface area contributed by atoms with Gasteiger partial charge in [-0.15, -0.1) is 0 Å². The molecule has 2 atom stereocenters. The number of carbonyl (C=O) groups is 1. The van der Waals surface area contributed by atoms with Crippen LogP contribution in [0.2, 0.25) is 0 Å². The standard InChI is InChI=1S/C14H21N3O/c1-3-14(7-9-15-10-14)13(18)17-11(2)12-6-4-5-8-16-12/h4-6,8,11,15H,3,7,9-10H2,1-2H3,(H,17,18)/t11-,14?/m1/s1. The maximum Gasteiger partial charge on any atom is 0.228 e. The Labute approximate surface area is 108 Å². The monoisotopic (exact) mass is 247 g/mol. The van der Waals surface area contributed by atoms with Gasteiger partial charge in [-0.05, 0) is 38.4 Å². The van der Waals surface area contributed by atoms with Gasteiger partial charge in [0.25, 0.3) is 0 Å². The minimum atomic E-state index is -0.233. The fourth-order valence-electron chi connectivity index (χ4n) is 2.46. The first-order chi connectivity index (χ1) is 8.68. The summed E-state index contributed by atoms with van der Waals surface area (Å²) in [5.74, 6) is 0.146. The highest BCUT2D eigenvalue weighted by Crippen LogP contribution is 2.30. The number of hydrogen-bond donors (Lipinski definition) is 2. The number of carbonyl (C=O) groups excluding carboxylic acids is 1. The van der Waals surface area contributed by atoms with E-state index in [2.05, 4.69) is 22.5 Å². The molecular formula is C14H21N3O. The van der Waals surface area contributed by atoms with Crippen LogP contribution in [0.1, 0.15) is 38.4 Å². The van der Waals surface area contributed by atoms with Gasteiger partial charge in [-0.3, -0.25) is 9.78 Å². The average Bonchev–Trinajstić information content (AvgIpc) is 2.89. The Morgan fingerprint density at radius 2 is 2.44 bits per heavy atom. The predicted molar refractivity (Wildman–Crippen MR) is 71.0 cm³/mol. The minimum Gasteiger partial charge on any atom is -0.347 e. The molecule has 1 fully saturated rings. The van der Waals surface area contributed by atoms with Crippen molar-refractivity contribution >= 4 is 5.91 Å². The van der Waals surface area contributed by atoms with Crippen molar-refractivity contribution < 1.29 is 4.79 Å². The Balaban J connectivity index is 2.03. The van der Waals surface area contributed by atoms with Crippen molar-refractivity contribution in [3.05, 3.63) is 30.1 Å². The molecule has 0 radical (unpaired) electrons. The van der Waals surface area contributed by atoms with Crippen molar-refractivity contribution in [3.63, 3.8) is 0 Å². The Morgan fingerprint density at radius 3 is 3.00 bits per heavy atom. The van der Waals surface area contributed by atoms with Gasteiger partial charge in [0.15, 0.2) is 0 Å². The summed E-state index contributed by atoms with van der Waals surface area (Å²) in [4.78, 5) is 16.7. The van der Waals surface area contributed by atoms with Crippen LogP contribution in [0, 0.1) is 5.41 Å². The molecule has 1 aromatic rings. The van der Waals surface area contributed by atoms with Gasteiger partial charge in [0.1, 0.15) is 0 Å². The number of nitrogens with one attached hydrogen (secondary N) is 2. The van der Waals surface area contributed by atoms with Crippen molar-refractivity contribution in [2.45, 2.75) is 32.7 Å². The van der Waals surface area contributed by atoms with Crippen molar-refractivity contribution in [1.82, 2.24) is 15.6 Å². The Kier molecular flexibility index (Phi) is 3.97. The van der Waals surface area contributed by atoms with Crippen LogP contribution in [0.25, 0.3) is 0 Å². The lowest BCUT2D eigenvalue weighted by Crippen LogP contribution is -2.43. The lowest BCUT2D eigenvalue weighted by Gasteiger charge is -2.27. The molecule has 2 heterocycles. The second kappa shape index (κ2) is 5.48. The zero-order chi connectivity index (χ0) is 13.0. The van der Waals surface area contributed by atoms with E-state index >= 15 is 0 Å². The molecule has 2 N–H and O–H groups in total. The quantitative estimate of drug-likeness (QED) is 0.850. The van der Waals surface area contributed by atoms with E-state index < -0.39 is 0 Å². The largest absolute Gasteiger partial charge is 0.347 e. The highest BCUT2D eigenvalue weighted by Gasteiger charge is 2.39. The van der Waals surface area contributed by atoms with Gasteiger partial charge >= 0.3 is 0 Å². The number of aromatic nitrogens is 1. The van der Waals surface area contributed by atoms with Crippen molar-refractivity contribution in [3.8, 4) is 0 Å². The van der Waals surface area contributed by atoms with E-state index in [1.165, 1.54) is 0 Å². The maximum absolute atomic E-state index is 12.4. The molecule has 0 bridgehead atoms. The molecule has 1 amide bonds. The molecule has 4 heteroatoms. The number of pyridine rings is 1. The predicted octanol–water partition coefficient (Wildman–Crippen LogP) is 1.65. The molecule has 18 heavy (non-hydrogen) atoms. The van der Waals surface area contributed by atoms with Gasteiger partial charge in [-0.1, -0.05) is 13.0 Å². The van der Waals surface area contributed by atoms with Gasteiger partial charge in [-0.2, -0.15) is 0 Å². The van der Waals surface area contributed by atoms with E-state index in [4.69, 9.17) is 0 Å². The molecule has 98 valence electrons. The molecule has 1 aliphatic heterocycles. The van der Waals surface area contributed by atoms with Gasteiger partial charge in [-0.25, -0.2) is 0 Å². The second-order valence-electron chi connectivity index (χ2n) is 5.01. The maximum atomic E-state index is 12.4. The summed E-state index contributed by atoms with van der Waals surface area (Å²) in [6.45, 7) is 5.77. The lowest BCUT2D eigenvalue weighted by atomic mass is 9.83. The normalized spacial score (nSPS) is 24.8. The zero-order valence-electron chi connectivity index (χ0n) is 11.1.